The number of aromatic nitrogens is 2. The second kappa shape index (κ2) is 8.54. The van der Waals surface area contributed by atoms with Crippen LogP contribution in [0.15, 0.2) is 67.0 Å². The van der Waals surface area contributed by atoms with Gasteiger partial charge >= 0.3 is 0 Å². The van der Waals surface area contributed by atoms with Crippen molar-refractivity contribution in [1.29, 1.82) is 0 Å². The third-order valence-corrected chi connectivity index (χ3v) is 6.52. The maximum atomic E-state index is 13.5. The summed E-state index contributed by atoms with van der Waals surface area (Å²) in [6.45, 7) is 5.04. The predicted octanol–water partition coefficient (Wildman–Crippen LogP) is 4.03. The number of benzene rings is 2. The third kappa shape index (κ3) is 4.00. The zero-order chi connectivity index (χ0) is 22.9. The van der Waals surface area contributed by atoms with Gasteiger partial charge in [-0.05, 0) is 60.4 Å². The van der Waals surface area contributed by atoms with Crippen LogP contribution in [0.5, 0.6) is 0 Å². The molecule has 166 valence electrons. The minimum absolute atomic E-state index is 0.109. The Labute approximate surface area is 192 Å². The van der Waals surface area contributed by atoms with Gasteiger partial charge in [0.05, 0.1) is 0 Å². The third-order valence-electron chi connectivity index (χ3n) is 6.52. The monoisotopic (exact) mass is 438 g/mol. The number of nitrogens with one attached hydrogen (secondary N) is 2. The number of aryl methyl sites for hydroxylation is 2. The molecule has 2 aromatic heterocycles. The van der Waals surface area contributed by atoms with E-state index in [9.17, 15) is 9.59 Å². The van der Waals surface area contributed by atoms with Gasteiger partial charge < -0.3 is 15.2 Å². The van der Waals surface area contributed by atoms with Crippen LogP contribution >= 0.6 is 0 Å². The van der Waals surface area contributed by atoms with Crippen molar-refractivity contribution >= 4 is 22.7 Å². The minimum Gasteiger partial charge on any atom is -0.358 e. The van der Waals surface area contributed by atoms with Crippen molar-refractivity contribution in [2.75, 3.05) is 13.1 Å². The molecular weight excluding hydrogens is 412 g/mol. The number of piperazine rings is 1. The molecule has 0 aliphatic carbocycles. The van der Waals surface area contributed by atoms with Crippen LogP contribution in [0, 0.1) is 13.8 Å². The number of fused-ring (bicyclic) bond motifs is 1. The number of hydrogen-bond donors (Lipinski definition) is 2. The molecule has 3 heterocycles. The topological polar surface area (TPSA) is 78.1 Å². The molecule has 2 N–H and O–H groups in total. The number of carbonyl (C=O) groups excluding carboxylic acids is 2. The van der Waals surface area contributed by atoms with Gasteiger partial charge in [-0.25, -0.2) is 0 Å². The highest BCUT2D eigenvalue weighted by Gasteiger charge is 2.33. The van der Waals surface area contributed by atoms with Crippen LogP contribution in [0.25, 0.3) is 22.0 Å². The number of nitrogens with zero attached hydrogens (tertiary/aromatic N) is 2. The summed E-state index contributed by atoms with van der Waals surface area (Å²) in [4.78, 5) is 35.5. The standard InChI is InChI=1S/C27H26N4O2/c1-17-18(2)30-24-10-9-21(15-23(17)24)27(33)31-13-12-29-26(32)25(31)14-19-5-7-20(8-6-19)22-4-3-11-28-16-22/h3-11,15-16,25,30H,12-14H2,1-2H3,(H,29,32)/t25-/m1/s1. The molecule has 0 spiro atoms. The fourth-order valence-corrected chi connectivity index (χ4v) is 4.51. The van der Waals surface area contributed by atoms with Gasteiger partial charge in [0.25, 0.3) is 5.91 Å². The zero-order valence-electron chi connectivity index (χ0n) is 18.8. The number of carbonyl (C=O) groups is 2. The number of hydrogen-bond acceptors (Lipinski definition) is 3. The summed E-state index contributed by atoms with van der Waals surface area (Å²) in [6.07, 6.45) is 4.05. The lowest BCUT2D eigenvalue weighted by Gasteiger charge is -2.35. The van der Waals surface area contributed by atoms with Crippen molar-refractivity contribution in [3.8, 4) is 11.1 Å². The van der Waals surface area contributed by atoms with Crippen LogP contribution in [0.4, 0.5) is 0 Å². The van der Waals surface area contributed by atoms with E-state index in [1.54, 1.807) is 11.1 Å². The molecule has 5 rings (SSSR count). The molecule has 1 saturated heterocycles. The van der Waals surface area contributed by atoms with E-state index in [0.29, 0.717) is 25.1 Å². The quantitative estimate of drug-likeness (QED) is 0.505. The van der Waals surface area contributed by atoms with E-state index in [1.165, 1.54) is 0 Å². The maximum Gasteiger partial charge on any atom is 0.254 e. The Bertz CT molecular complexity index is 1330. The van der Waals surface area contributed by atoms with Crippen LogP contribution < -0.4 is 5.32 Å². The van der Waals surface area contributed by atoms with Crippen molar-refractivity contribution in [1.82, 2.24) is 20.2 Å². The molecule has 2 amide bonds. The molecule has 0 saturated carbocycles. The van der Waals surface area contributed by atoms with Crippen molar-refractivity contribution in [2.24, 2.45) is 0 Å². The molecule has 33 heavy (non-hydrogen) atoms. The van der Waals surface area contributed by atoms with Crippen molar-refractivity contribution in [3.05, 3.63) is 89.4 Å². The summed E-state index contributed by atoms with van der Waals surface area (Å²) in [7, 11) is 0. The molecule has 2 aromatic carbocycles. The summed E-state index contributed by atoms with van der Waals surface area (Å²) in [6, 6.07) is 17.2. The Hall–Kier alpha value is -3.93. The Morgan fingerprint density at radius 2 is 1.91 bits per heavy atom. The Morgan fingerprint density at radius 3 is 2.67 bits per heavy atom. The molecule has 0 bridgehead atoms. The summed E-state index contributed by atoms with van der Waals surface area (Å²) in [5, 5.41) is 3.97. The summed E-state index contributed by atoms with van der Waals surface area (Å²) in [5.41, 5.74) is 6.98. The van der Waals surface area contributed by atoms with E-state index in [-0.39, 0.29) is 11.8 Å². The van der Waals surface area contributed by atoms with Gasteiger partial charge in [0.15, 0.2) is 0 Å². The molecule has 4 aromatic rings. The number of pyridine rings is 1. The van der Waals surface area contributed by atoms with E-state index in [2.05, 4.69) is 22.2 Å². The molecule has 1 aliphatic heterocycles. The van der Waals surface area contributed by atoms with Crippen LogP contribution in [-0.2, 0) is 11.2 Å². The fraction of sp³-hybridized carbons (Fsp3) is 0.222. The lowest BCUT2D eigenvalue weighted by atomic mass is 9.98. The molecular formula is C27H26N4O2. The van der Waals surface area contributed by atoms with Gasteiger partial charge in [0.1, 0.15) is 6.04 Å². The average Bonchev–Trinajstić information content (AvgIpc) is 3.13. The molecule has 6 nitrogen and oxygen atoms in total. The van der Waals surface area contributed by atoms with Crippen molar-refractivity contribution < 1.29 is 9.59 Å². The molecule has 1 aliphatic rings. The van der Waals surface area contributed by atoms with Crippen molar-refractivity contribution in [2.45, 2.75) is 26.3 Å². The highest BCUT2D eigenvalue weighted by Crippen LogP contribution is 2.25. The number of H-pyrrole nitrogens is 1. The highest BCUT2D eigenvalue weighted by atomic mass is 16.2. The Morgan fingerprint density at radius 1 is 1.09 bits per heavy atom. The molecule has 1 fully saturated rings. The normalized spacial score (nSPS) is 16.1. The number of amides is 2. The molecule has 0 unspecified atom stereocenters. The zero-order valence-corrected chi connectivity index (χ0v) is 18.8. The first-order valence-corrected chi connectivity index (χ1v) is 11.2. The highest BCUT2D eigenvalue weighted by molar-refractivity contribution is 6.01. The van der Waals surface area contributed by atoms with Gasteiger partial charge in [0, 0.05) is 54.1 Å². The van der Waals surface area contributed by atoms with Crippen molar-refractivity contribution in [3.63, 3.8) is 0 Å². The lowest BCUT2D eigenvalue weighted by Crippen LogP contribution is -2.58. The predicted molar refractivity (Wildman–Crippen MR) is 129 cm³/mol. The maximum absolute atomic E-state index is 13.5. The fourth-order valence-electron chi connectivity index (χ4n) is 4.51. The van der Waals surface area contributed by atoms with E-state index in [4.69, 9.17) is 0 Å². The largest absolute Gasteiger partial charge is 0.358 e. The molecule has 6 heteroatoms. The van der Waals surface area contributed by atoms with E-state index in [1.807, 2.05) is 67.7 Å². The van der Waals surface area contributed by atoms with Gasteiger partial charge in [-0.2, -0.15) is 0 Å². The van der Waals surface area contributed by atoms with Gasteiger partial charge in [-0.1, -0.05) is 30.3 Å². The van der Waals surface area contributed by atoms with Gasteiger partial charge in [-0.15, -0.1) is 0 Å². The first kappa shape index (κ1) is 20.9. The second-order valence-corrected chi connectivity index (χ2v) is 8.58. The molecule has 0 radical (unpaired) electrons. The molecule has 1 atom stereocenters. The van der Waals surface area contributed by atoms with E-state index >= 15 is 0 Å². The Balaban J connectivity index is 1.40. The summed E-state index contributed by atoms with van der Waals surface area (Å²) >= 11 is 0. The van der Waals surface area contributed by atoms with Gasteiger partial charge in [-0.3, -0.25) is 14.6 Å². The average molecular weight is 439 g/mol. The smallest absolute Gasteiger partial charge is 0.254 e. The van der Waals surface area contributed by atoms with Crippen LogP contribution in [0.3, 0.4) is 0 Å². The number of rotatable bonds is 4. The summed E-state index contributed by atoms with van der Waals surface area (Å²) in [5.74, 6) is -0.220. The first-order valence-electron chi connectivity index (χ1n) is 11.2. The Kier molecular flexibility index (Phi) is 5.42. The lowest BCUT2D eigenvalue weighted by molar-refractivity contribution is -0.127. The van der Waals surface area contributed by atoms with Crippen LogP contribution in [0.1, 0.15) is 27.2 Å². The first-order chi connectivity index (χ1) is 16.0. The second-order valence-electron chi connectivity index (χ2n) is 8.58. The number of aromatic amines is 1. The van der Waals surface area contributed by atoms with Crippen LogP contribution in [0.2, 0.25) is 0 Å². The van der Waals surface area contributed by atoms with Gasteiger partial charge in [0.2, 0.25) is 5.91 Å². The SMILES string of the molecule is Cc1[nH]c2ccc(C(=O)N3CCNC(=O)[C@H]3Cc3ccc(-c4cccnc4)cc3)cc2c1C. The minimum atomic E-state index is -0.541. The van der Waals surface area contributed by atoms with E-state index < -0.39 is 6.04 Å². The van der Waals surface area contributed by atoms with E-state index in [0.717, 1.165) is 38.9 Å². The van der Waals surface area contributed by atoms with Crippen LogP contribution in [-0.4, -0.2) is 45.8 Å². The summed E-state index contributed by atoms with van der Waals surface area (Å²) < 4.78 is 0.